The molecule has 0 bridgehead atoms. The van der Waals surface area contributed by atoms with Crippen molar-refractivity contribution in [2.24, 2.45) is 0 Å². The van der Waals surface area contributed by atoms with Gasteiger partial charge in [-0.1, -0.05) is 12.1 Å². The molecule has 0 unspecified atom stereocenters. The second-order valence-electron chi connectivity index (χ2n) is 6.27. The molecule has 0 aliphatic carbocycles. The Balaban J connectivity index is 1.79. The summed E-state index contributed by atoms with van der Waals surface area (Å²) in [7, 11) is 0. The van der Waals surface area contributed by atoms with Crippen LogP contribution in [0.3, 0.4) is 0 Å². The number of benzene rings is 1. The van der Waals surface area contributed by atoms with Crippen LogP contribution in [0.5, 0.6) is 5.75 Å². The first-order chi connectivity index (χ1) is 11.9. The van der Waals surface area contributed by atoms with E-state index >= 15 is 0 Å². The highest BCUT2D eigenvalue weighted by molar-refractivity contribution is 5.78. The Kier molecular flexibility index (Phi) is 4.57. The average Bonchev–Trinajstić information content (AvgIpc) is 2.56. The van der Waals surface area contributed by atoms with Gasteiger partial charge in [-0.25, -0.2) is 19.2 Å². The molecule has 7 heteroatoms. The molecule has 1 fully saturated rings. The number of hydrogen-bond acceptors (Lipinski definition) is 5. The van der Waals surface area contributed by atoms with Crippen molar-refractivity contribution in [1.29, 1.82) is 0 Å². The second kappa shape index (κ2) is 6.66. The van der Waals surface area contributed by atoms with Gasteiger partial charge in [-0.15, -0.1) is 0 Å². The summed E-state index contributed by atoms with van der Waals surface area (Å²) in [5.41, 5.74) is 0.276. The van der Waals surface area contributed by atoms with Crippen molar-refractivity contribution in [2.45, 2.75) is 32.3 Å². The van der Waals surface area contributed by atoms with E-state index in [1.54, 1.807) is 6.07 Å². The van der Waals surface area contributed by atoms with Gasteiger partial charge in [0.1, 0.15) is 0 Å². The van der Waals surface area contributed by atoms with E-state index < -0.39 is 17.4 Å². The summed E-state index contributed by atoms with van der Waals surface area (Å²) in [4.78, 5) is 22.6. The number of halogens is 1. The van der Waals surface area contributed by atoms with Crippen molar-refractivity contribution in [3.05, 3.63) is 47.5 Å². The first-order valence-corrected chi connectivity index (χ1v) is 8.14. The molecule has 0 amide bonds. The van der Waals surface area contributed by atoms with E-state index in [2.05, 4.69) is 9.97 Å². The lowest BCUT2D eigenvalue weighted by molar-refractivity contribution is -0.157. The van der Waals surface area contributed by atoms with Crippen molar-refractivity contribution in [3.8, 4) is 5.75 Å². The summed E-state index contributed by atoms with van der Waals surface area (Å²) in [6.45, 7) is 4.63. The minimum absolute atomic E-state index is 0.0407. The summed E-state index contributed by atoms with van der Waals surface area (Å²) in [6, 6.07) is 7.74. The van der Waals surface area contributed by atoms with Crippen LogP contribution in [-0.2, 0) is 4.79 Å². The number of aromatic nitrogens is 2. The molecule has 1 saturated heterocycles. The van der Waals surface area contributed by atoms with Crippen molar-refractivity contribution in [2.75, 3.05) is 18.0 Å². The summed E-state index contributed by atoms with van der Waals surface area (Å²) < 4.78 is 19.5. The molecule has 1 aliphatic heterocycles. The molecule has 1 aliphatic rings. The molecular weight excluding hydrogens is 325 g/mol. The Morgan fingerprint density at radius 3 is 2.36 bits per heavy atom. The van der Waals surface area contributed by atoms with E-state index in [4.69, 9.17) is 4.74 Å². The molecule has 1 N–H and O–H groups in total. The van der Waals surface area contributed by atoms with Gasteiger partial charge >= 0.3 is 5.97 Å². The molecule has 1 aromatic carbocycles. The van der Waals surface area contributed by atoms with Crippen molar-refractivity contribution in [3.63, 3.8) is 0 Å². The van der Waals surface area contributed by atoms with Gasteiger partial charge in [0, 0.05) is 37.3 Å². The van der Waals surface area contributed by atoms with Gasteiger partial charge in [0.2, 0.25) is 11.5 Å². The van der Waals surface area contributed by atoms with Gasteiger partial charge < -0.3 is 14.7 Å². The minimum Gasteiger partial charge on any atom is -0.478 e. The number of aryl methyl sites for hydroxylation is 2. The highest BCUT2D eigenvalue weighted by Crippen LogP contribution is 2.31. The number of carbonyl (C=O) groups is 1. The number of rotatable bonds is 4. The standard InChI is InChI=1S/C18H20FN3O3/c1-12-11-13(2)21-17(20-12)22-9-7-18(8-10-22,16(23)24)25-15-6-4-3-5-14(15)19/h3-6,11H,7-10H2,1-2H3,(H,23,24). The zero-order valence-electron chi connectivity index (χ0n) is 14.2. The van der Waals surface area contributed by atoms with E-state index in [0.29, 0.717) is 19.0 Å². The quantitative estimate of drug-likeness (QED) is 0.918. The predicted molar refractivity (Wildman–Crippen MR) is 90.3 cm³/mol. The molecule has 0 radical (unpaired) electrons. The number of ether oxygens (including phenoxy) is 1. The summed E-state index contributed by atoms with van der Waals surface area (Å²) in [5, 5.41) is 9.69. The highest BCUT2D eigenvalue weighted by atomic mass is 19.1. The van der Waals surface area contributed by atoms with Gasteiger partial charge in [0.25, 0.3) is 0 Å². The number of piperidine rings is 1. The number of anilines is 1. The van der Waals surface area contributed by atoms with Crippen molar-refractivity contribution < 1.29 is 19.0 Å². The van der Waals surface area contributed by atoms with Crippen molar-refractivity contribution in [1.82, 2.24) is 9.97 Å². The lowest BCUT2D eigenvalue weighted by Gasteiger charge is -2.39. The maximum absolute atomic E-state index is 13.9. The lowest BCUT2D eigenvalue weighted by atomic mass is 9.91. The Morgan fingerprint density at radius 1 is 1.20 bits per heavy atom. The summed E-state index contributed by atoms with van der Waals surface area (Å²) >= 11 is 0. The molecule has 132 valence electrons. The van der Waals surface area contributed by atoms with Gasteiger partial charge in [-0.05, 0) is 32.0 Å². The molecule has 1 aromatic heterocycles. The number of aliphatic carboxylic acids is 1. The van der Waals surface area contributed by atoms with Crippen LogP contribution in [0.15, 0.2) is 30.3 Å². The van der Waals surface area contributed by atoms with Crippen LogP contribution in [-0.4, -0.2) is 39.7 Å². The zero-order valence-corrected chi connectivity index (χ0v) is 14.2. The molecule has 25 heavy (non-hydrogen) atoms. The molecule has 2 aromatic rings. The largest absolute Gasteiger partial charge is 0.478 e. The third-order valence-electron chi connectivity index (χ3n) is 4.36. The van der Waals surface area contributed by atoms with E-state index in [-0.39, 0.29) is 18.6 Å². The Labute approximate surface area is 145 Å². The molecule has 0 spiro atoms. The number of carboxylic acids is 1. The van der Waals surface area contributed by atoms with Crippen LogP contribution in [0, 0.1) is 19.7 Å². The summed E-state index contributed by atoms with van der Waals surface area (Å²) in [5.74, 6) is -1.11. The fraction of sp³-hybridized carbons (Fsp3) is 0.389. The van der Waals surface area contributed by atoms with Crippen molar-refractivity contribution >= 4 is 11.9 Å². The van der Waals surface area contributed by atoms with Crippen LogP contribution in [0.1, 0.15) is 24.2 Å². The monoisotopic (exact) mass is 345 g/mol. The zero-order chi connectivity index (χ0) is 18.0. The SMILES string of the molecule is Cc1cc(C)nc(N2CCC(Oc3ccccc3F)(C(=O)O)CC2)n1. The van der Waals surface area contributed by atoms with Gasteiger partial charge in [0.05, 0.1) is 0 Å². The maximum Gasteiger partial charge on any atom is 0.348 e. The van der Waals surface area contributed by atoms with E-state index in [9.17, 15) is 14.3 Å². The Morgan fingerprint density at radius 2 is 1.80 bits per heavy atom. The van der Waals surface area contributed by atoms with Gasteiger partial charge in [-0.3, -0.25) is 0 Å². The van der Waals surface area contributed by atoms with E-state index in [1.165, 1.54) is 18.2 Å². The van der Waals surface area contributed by atoms with E-state index in [1.807, 2.05) is 24.8 Å². The molecule has 0 atom stereocenters. The summed E-state index contributed by atoms with van der Waals surface area (Å²) in [6.07, 6.45) is 0.431. The molecular formula is C18H20FN3O3. The smallest absolute Gasteiger partial charge is 0.348 e. The molecule has 3 rings (SSSR count). The number of para-hydroxylation sites is 1. The number of nitrogens with zero attached hydrogens (tertiary/aromatic N) is 3. The van der Waals surface area contributed by atoms with Crippen LogP contribution in [0.4, 0.5) is 10.3 Å². The first kappa shape index (κ1) is 17.1. The molecule has 0 saturated carbocycles. The maximum atomic E-state index is 13.9. The Hall–Kier alpha value is -2.70. The third-order valence-corrected chi connectivity index (χ3v) is 4.36. The third kappa shape index (κ3) is 3.55. The Bertz CT molecular complexity index is 769. The molecule has 6 nitrogen and oxygen atoms in total. The minimum atomic E-state index is -1.45. The lowest BCUT2D eigenvalue weighted by Crippen LogP contribution is -2.53. The molecule has 2 heterocycles. The topological polar surface area (TPSA) is 75.6 Å². The normalized spacial score (nSPS) is 16.5. The van der Waals surface area contributed by atoms with Crippen LogP contribution >= 0.6 is 0 Å². The van der Waals surface area contributed by atoms with Gasteiger partial charge in [-0.2, -0.15) is 0 Å². The van der Waals surface area contributed by atoms with E-state index in [0.717, 1.165) is 11.4 Å². The number of carboxylic acid groups (broad SMARTS) is 1. The van der Waals surface area contributed by atoms with Crippen LogP contribution in [0.25, 0.3) is 0 Å². The highest BCUT2D eigenvalue weighted by Gasteiger charge is 2.45. The second-order valence-corrected chi connectivity index (χ2v) is 6.27. The number of hydrogen-bond donors (Lipinski definition) is 1. The fourth-order valence-electron chi connectivity index (χ4n) is 3.01. The van der Waals surface area contributed by atoms with Crippen LogP contribution in [0.2, 0.25) is 0 Å². The first-order valence-electron chi connectivity index (χ1n) is 8.14. The van der Waals surface area contributed by atoms with Crippen LogP contribution < -0.4 is 9.64 Å². The fourth-order valence-corrected chi connectivity index (χ4v) is 3.01. The predicted octanol–water partition coefficient (Wildman–Crippen LogP) is 2.74. The van der Waals surface area contributed by atoms with Gasteiger partial charge in [0.15, 0.2) is 11.6 Å². The average molecular weight is 345 g/mol.